The molecule has 1 saturated heterocycles. The highest BCUT2D eigenvalue weighted by molar-refractivity contribution is 6.01. The molecule has 5 aromatic rings. The fraction of sp³-hybridized carbons (Fsp3) is 0.350. The van der Waals surface area contributed by atoms with E-state index in [9.17, 15) is 19.2 Å². The number of nitrogens with zero attached hydrogens (tertiary/aromatic N) is 4. The molecule has 3 aromatic carbocycles. The first-order valence-electron chi connectivity index (χ1n) is 17.8. The molecule has 1 aliphatic carbocycles. The Hall–Kier alpha value is -5.63. The summed E-state index contributed by atoms with van der Waals surface area (Å²) in [7, 11) is 6.19. The van der Waals surface area contributed by atoms with Gasteiger partial charge in [-0.2, -0.15) is 8.78 Å². The van der Waals surface area contributed by atoms with E-state index in [1.807, 2.05) is 12.1 Å². The number of rotatable bonds is 7. The molecule has 0 saturated carbocycles. The van der Waals surface area contributed by atoms with Crippen LogP contribution in [0.4, 0.5) is 13.2 Å². The van der Waals surface area contributed by atoms with Crippen molar-refractivity contribution in [3.63, 3.8) is 0 Å². The van der Waals surface area contributed by atoms with Gasteiger partial charge in [-0.15, -0.1) is 0 Å². The molecule has 1 unspecified atom stereocenters. The van der Waals surface area contributed by atoms with Crippen LogP contribution in [0.2, 0.25) is 0 Å². The number of carbonyl (C=O) groups is 2. The van der Waals surface area contributed by atoms with Crippen LogP contribution in [0.15, 0.2) is 58.3 Å². The SMILES string of the molecule is COc1cc(-c2cn(C)c(=O)c3c2CCC3)cc(OC)c1CN1Cc2ccc(-c3cccc4c3n(C)c(=O)n4C3CCC(=O)NC3=O)c(F)c2C(F)(F)C1. The molecule has 54 heavy (non-hydrogen) atoms. The van der Waals surface area contributed by atoms with Crippen molar-refractivity contribution in [2.75, 3.05) is 20.8 Å². The smallest absolute Gasteiger partial charge is 0.329 e. The second-order valence-electron chi connectivity index (χ2n) is 14.3. The Morgan fingerprint density at radius 1 is 0.907 bits per heavy atom. The zero-order valence-corrected chi connectivity index (χ0v) is 30.2. The van der Waals surface area contributed by atoms with E-state index in [4.69, 9.17) is 9.47 Å². The van der Waals surface area contributed by atoms with Gasteiger partial charge < -0.3 is 14.0 Å². The average Bonchev–Trinajstić information content (AvgIpc) is 3.73. The van der Waals surface area contributed by atoms with Crippen molar-refractivity contribution in [2.45, 2.75) is 57.2 Å². The van der Waals surface area contributed by atoms with Crippen LogP contribution in [-0.2, 0) is 55.5 Å². The lowest BCUT2D eigenvalue weighted by atomic mass is 9.90. The molecule has 11 nitrogen and oxygen atoms in total. The molecule has 4 heterocycles. The van der Waals surface area contributed by atoms with Gasteiger partial charge in [-0.05, 0) is 60.6 Å². The highest BCUT2D eigenvalue weighted by atomic mass is 19.3. The normalized spacial score (nSPS) is 18.1. The quantitative estimate of drug-likeness (QED) is 0.231. The molecule has 2 aromatic heterocycles. The third kappa shape index (κ3) is 5.53. The number of piperidine rings is 1. The lowest BCUT2D eigenvalue weighted by Gasteiger charge is -2.35. The van der Waals surface area contributed by atoms with Crippen LogP contribution in [0.5, 0.6) is 11.5 Å². The van der Waals surface area contributed by atoms with Crippen molar-refractivity contribution < 1.29 is 32.2 Å². The van der Waals surface area contributed by atoms with E-state index >= 15 is 13.2 Å². The Labute approximate surface area is 307 Å². The number of aryl methyl sites for hydroxylation is 2. The van der Waals surface area contributed by atoms with E-state index in [0.29, 0.717) is 29.0 Å². The molecule has 8 rings (SSSR count). The van der Waals surface area contributed by atoms with Crippen LogP contribution < -0.4 is 26.0 Å². The lowest BCUT2D eigenvalue weighted by molar-refractivity contribution is -0.135. The van der Waals surface area contributed by atoms with Gasteiger partial charge in [-0.1, -0.05) is 24.3 Å². The van der Waals surface area contributed by atoms with Crippen LogP contribution in [0.3, 0.4) is 0 Å². The zero-order chi connectivity index (χ0) is 38.2. The number of amides is 2. The van der Waals surface area contributed by atoms with Gasteiger partial charge in [0.1, 0.15) is 23.4 Å². The Kier molecular flexibility index (Phi) is 8.55. The van der Waals surface area contributed by atoms with Crippen LogP contribution in [-0.4, -0.2) is 51.2 Å². The van der Waals surface area contributed by atoms with E-state index in [1.54, 1.807) is 36.0 Å². The number of hydrogen-bond donors (Lipinski definition) is 1. The Morgan fingerprint density at radius 3 is 2.33 bits per heavy atom. The summed E-state index contributed by atoms with van der Waals surface area (Å²) in [6, 6.07) is 10.4. The van der Waals surface area contributed by atoms with Crippen molar-refractivity contribution in [1.29, 1.82) is 0 Å². The summed E-state index contributed by atoms with van der Waals surface area (Å²) in [6.07, 6.45) is 4.34. The number of aromatic nitrogens is 3. The summed E-state index contributed by atoms with van der Waals surface area (Å²) in [6.45, 7) is -0.748. The van der Waals surface area contributed by atoms with Gasteiger partial charge in [-0.25, -0.2) is 9.18 Å². The minimum atomic E-state index is -3.60. The minimum Gasteiger partial charge on any atom is -0.496 e. The van der Waals surface area contributed by atoms with Gasteiger partial charge in [-0.3, -0.25) is 33.7 Å². The van der Waals surface area contributed by atoms with Crippen molar-refractivity contribution in [3.8, 4) is 33.8 Å². The number of fused-ring (bicyclic) bond motifs is 3. The summed E-state index contributed by atoms with van der Waals surface area (Å²) >= 11 is 0. The maximum atomic E-state index is 16.6. The van der Waals surface area contributed by atoms with Crippen molar-refractivity contribution in [2.24, 2.45) is 14.1 Å². The molecule has 3 aliphatic rings. The molecule has 2 amide bonds. The Balaban J connectivity index is 1.14. The van der Waals surface area contributed by atoms with Crippen LogP contribution >= 0.6 is 0 Å². The van der Waals surface area contributed by atoms with E-state index in [-0.39, 0.29) is 53.7 Å². The number of nitrogens with one attached hydrogen (secondary N) is 1. The number of benzene rings is 3. The molecular weight excluding hydrogens is 703 g/mol. The topological polar surface area (TPSA) is 117 Å². The van der Waals surface area contributed by atoms with Gasteiger partial charge in [0.15, 0.2) is 0 Å². The zero-order valence-electron chi connectivity index (χ0n) is 30.2. The third-order valence-corrected chi connectivity index (χ3v) is 11.1. The molecule has 280 valence electrons. The molecule has 1 atom stereocenters. The summed E-state index contributed by atoms with van der Waals surface area (Å²) in [4.78, 5) is 52.3. The summed E-state index contributed by atoms with van der Waals surface area (Å²) in [5.41, 5.74) is 3.57. The predicted molar refractivity (Wildman–Crippen MR) is 194 cm³/mol. The number of imide groups is 1. The number of pyridine rings is 1. The molecule has 0 bridgehead atoms. The fourth-order valence-corrected chi connectivity index (χ4v) is 8.59. The monoisotopic (exact) mass is 741 g/mol. The van der Waals surface area contributed by atoms with Crippen molar-refractivity contribution in [3.05, 3.63) is 103 Å². The van der Waals surface area contributed by atoms with E-state index in [2.05, 4.69) is 5.32 Å². The highest BCUT2D eigenvalue weighted by Gasteiger charge is 2.44. The summed E-state index contributed by atoms with van der Waals surface area (Å²) in [5.74, 6) is -4.86. The molecule has 14 heteroatoms. The largest absolute Gasteiger partial charge is 0.496 e. The first-order valence-corrected chi connectivity index (χ1v) is 17.8. The fourth-order valence-electron chi connectivity index (χ4n) is 8.59. The van der Waals surface area contributed by atoms with Gasteiger partial charge >= 0.3 is 5.69 Å². The van der Waals surface area contributed by atoms with Gasteiger partial charge in [0, 0.05) is 62.1 Å². The molecule has 1 fully saturated rings. The Morgan fingerprint density at radius 2 is 1.63 bits per heavy atom. The van der Waals surface area contributed by atoms with Crippen molar-refractivity contribution in [1.82, 2.24) is 23.9 Å². The molecule has 0 spiro atoms. The van der Waals surface area contributed by atoms with Gasteiger partial charge in [0.25, 0.3) is 11.5 Å². The maximum absolute atomic E-state index is 16.6. The lowest BCUT2D eigenvalue weighted by Crippen LogP contribution is -2.44. The number of halogens is 3. The first-order chi connectivity index (χ1) is 25.8. The predicted octanol–water partition coefficient (Wildman–Crippen LogP) is 5.10. The highest BCUT2D eigenvalue weighted by Crippen LogP contribution is 2.45. The molecular formula is C40H38F3N5O6. The number of carbonyl (C=O) groups excluding carboxylic acids is 2. The number of alkyl halides is 2. The Bertz CT molecular complexity index is 2510. The maximum Gasteiger partial charge on any atom is 0.329 e. The average molecular weight is 742 g/mol. The van der Waals surface area contributed by atoms with E-state index in [1.165, 1.54) is 47.4 Å². The van der Waals surface area contributed by atoms with Crippen molar-refractivity contribution >= 4 is 22.8 Å². The summed E-state index contributed by atoms with van der Waals surface area (Å²) < 4.78 is 64.7. The molecule has 2 aliphatic heterocycles. The number of imidazole rings is 1. The molecule has 0 radical (unpaired) electrons. The minimum absolute atomic E-state index is 0.0109. The standard InChI is InChI=1S/C40H38F3N5O6/c1-45-18-27(23-7-5-9-26(23)38(45)51)22-15-31(53-3)28(32(16-22)54-4)19-47-17-21-11-12-24(35(41)34(21)40(42,43)20-47)25-8-6-10-29-36(25)46(2)39(52)48(29)30-13-14-33(49)44-37(30)50/h6,8,10-12,15-16,18,30H,5,7,9,13-14,17,19-20H2,1-4H3,(H,44,49,50). The molecule has 1 N–H and O–H groups in total. The van der Waals surface area contributed by atoms with E-state index in [0.717, 1.165) is 35.1 Å². The van der Waals surface area contributed by atoms with Gasteiger partial charge in [0.05, 0.1) is 42.9 Å². The van der Waals surface area contributed by atoms with Crippen LogP contribution in [0.1, 0.15) is 53.1 Å². The first kappa shape index (κ1) is 35.4. The second-order valence-corrected chi connectivity index (χ2v) is 14.3. The van der Waals surface area contributed by atoms with E-state index < -0.39 is 47.4 Å². The van der Waals surface area contributed by atoms with Crippen LogP contribution in [0.25, 0.3) is 33.3 Å². The second kappa shape index (κ2) is 13.0. The summed E-state index contributed by atoms with van der Waals surface area (Å²) in [5, 5.41) is 2.26. The number of methoxy groups -OCH3 is 2. The van der Waals surface area contributed by atoms with Crippen LogP contribution in [0, 0.1) is 5.82 Å². The third-order valence-electron chi connectivity index (χ3n) is 11.1. The number of para-hydroxylation sites is 1. The number of hydrogen-bond acceptors (Lipinski definition) is 7. The number of ether oxygens (including phenoxy) is 2. The van der Waals surface area contributed by atoms with Gasteiger partial charge in [0.2, 0.25) is 11.8 Å².